The van der Waals surface area contributed by atoms with Crippen molar-refractivity contribution in [3.63, 3.8) is 0 Å². The number of nitrogens with one attached hydrogen (secondary N) is 2. The normalized spacial score (nSPS) is 11.2. The van der Waals surface area contributed by atoms with Crippen molar-refractivity contribution in [3.8, 4) is 6.01 Å². The number of methoxy groups -OCH3 is 1. The van der Waals surface area contributed by atoms with E-state index in [4.69, 9.17) is 4.74 Å². The third-order valence-corrected chi connectivity index (χ3v) is 3.23. The van der Waals surface area contributed by atoms with E-state index >= 15 is 0 Å². The molecule has 0 aliphatic rings. The molecule has 2 N–H and O–H groups in total. The molecular formula is C13H25N5O. The van der Waals surface area contributed by atoms with Crippen molar-refractivity contribution in [2.24, 2.45) is 17.8 Å². The zero-order chi connectivity index (χ0) is 14.4. The van der Waals surface area contributed by atoms with Gasteiger partial charge in [-0.25, -0.2) is 0 Å². The Morgan fingerprint density at radius 3 is 2.05 bits per heavy atom. The quantitative estimate of drug-likeness (QED) is 0.789. The minimum Gasteiger partial charge on any atom is -0.467 e. The zero-order valence-electron chi connectivity index (χ0n) is 12.7. The van der Waals surface area contributed by atoms with E-state index in [1.807, 2.05) is 0 Å². The molecule has 0 amide bonds. The molecule has 6 heteroatoms. The van der Waals surface area contributed by atoms with E-state index in [-0.39, 0.29) is 0 Å². The summed E-state index contributed by atoms with van der Waals surface area (Å²) in [4.78, 5) is 12.5. The van der Waals surface area contributed by atoms with Gasteiger partial charge in [0.15, 0.2) is 0 Å². The average Bonchev–Trinajstić information content (AvgIpc) is 2.37. The summed E-state index contributed by atoms with van der Waals surface area (Å²) < 4.78 is 5.06. The molecule has 0 aliphatic carbocycles. The fraction of sp³-hybridized carbons (Fsp3) is 0.769. The molecule has 6 nitrogen and oxygen atoms in total. The van der Waals surface area contributed by atoms with Gasteiger partial charge in [-0.3, -0.25) is 0 Å². The monoisotopic (exact) mass is 267 g/mol. The van der Waals surface area contributed by atoms with Gasteiger partial charge < -0.3 is 15.4 Å². The van der Waals surface area contributed by atoms with E-state index in [9.17, 15) is 0 Å². The Bertz CT molecular complexity index is 364. The molecule has 0 saturated heterocycles. The molecule has 0 aromatic carbocycles. The molecular weight excluding hydrogens is 242 g/mol. The van der Waals surface area contributed by atoms with Crippen LogP contribution in [0.4, 0.5) is 11.9 Å². The lowest BCUT2D eigenvalue weighted by Gasteiger charge is -2.25. The molecule has 0 radical (unpaired) electrons. The molecule has 1 heterocycles. The predicted octanol–water partition coefficient (Wildman–Crippen LogP) is 2.26. The van der Waals surface area contributed by atoms with Crippen LogP contribution in [0.15, 0.2) is 0 Å². The average molecular weight is 267 g/mol. The van der Waals surface area contributed by atoms with Gasteiger partial charge >= 0.3 is 6.01 Å². The zero-order valence-corrected chi connectivity index (χ0v) is 12.7. The van der Waals surface area contributed by atoms with Gasteiger partial charge in [-0.1, -0.05) is 27.7 Å². The Hall–Kier alpha value is -1.59. The van der Waals surface area contributed by atoms with Crippen molar-refractivity contribution in [3.05, 3.63) is 0 Å². The third-order valence-electron chi connectivity index (χ3n) is 3.23. The number of anilines is 2. The van der Waals surface area contributed by atoms with Gasteiger partial charge in [0.1, 0.15) is 0 Å². The van der Waals surface area contributed by atoms with Gasteiger partial charge in [0.05, 0.1) is 7.11 Å². The van der Waals surface area contributed by atoms with Crippen LogP contribution in [0.2, 0.25) is 0 Å². The van der Waals surface area contributed by atoms with Crippen LogP contribution < -0.4 is 15.4 Å². The largest absolute Gasteiger partial charge is 0.467 e. The SMILES string of the molecule is CNc1nc(NCC(C(C)C)C(C)C)nc(OC)n1. The first-order valence-corrected chi connectivity index (χ1v) is 6.69. The summed E-state index contributed by atoms with van der Waals surface area (Å²) in [5.41, 5.74) is 0. The molecule has 0 unspecified atom stereocenters. The minimum absolute atomic E-state index is 0.312. The second-order valence-electron chi connectivity index (χ2n) is 5.25. The molecule has 1 aromatic rings. The van der Waals surface area contributed by atoms with Crippen LogP contribution in [-0.4, -0.2) is 35.7 Å². The fourth-order valence-electron chi connectivity index (χ4n) is 2.09. The van der Waals surface area contributed by atoms with Crippen LogP contribution in [0.25, 0.3) is 0 Å². The standard InChI is InChI=1S/C13H25N5O/c1-8(2)10(9(3)4)7-15-12-16-11(14-5)17-13(18-12)19-6/h8-10H,7H2,1-6H3,(H2,14,15,16,17,18). The number of hydrogen-bond donors (Lipinski definition) is 2. The van der Waals surface area contributed by atoms with Crippen molar-refractivity contribution < 1.29 is 4.74 Å². The number of hydrogen-bond acceptors (Lipinski definition) is 6. The Morgan fingerprint density at radius 1 is 1.00 bits per heavy atom. The van der Waals surface area contributed by atoms with Crippen LogP contribution in [-0.2, 0) is 0 Å². The smallest absolute Gasteiger partial charge is 0.322 e. The van der Waals surface area contributed by atoms with Gasteiger partial charge in [0.2, 0.25) is 11.9 Å². The third kappa shape index (κ3) is 4.54. The second-order valence-corrected chi connectivity index (χ2v) is 5.25. The molecule has 0 spiro atoms. The lowest BCUT2D eigenvalue weighted by atomic mass is 9.85. The maximum Gasteiger partial charge on any atom is 0.322 e. The molecule has 0 bridgehead atoms. The second kappa shape index (κ2) is 7.11. The summed E-state index contributed by atoms with van der Waals surface area (Å²) in [5.74, 6) is 2.84. The van der Waals surface area contributed by atoms with E-state index in [1.54, 1.807) is 14.2 Å². The van der Waals surface area contributed by atoms with Crippen molar-refractivity contribution in [1.29, 1.82) is 0 Å². The summed E-state index contributed by atoms with van der Waals surface area (Å²) in [6.45, 7) is 9.78. The molecule has 1 aromatic heterocycles. The van der Waals surface area contributed by atoms with Crippen molar-refractivity contribution in [1.82, 2.24) is 15.0 Å². The van der Waals surface area contributed by atoms with Gasteiger partial charge in [0.25, 0.3) is 0 Å². The molecule has 0 aliphatic heterocycles. The number of nitrogens with zero attached hydrogens (tertiary/aromatic N) is 3. The van der Waals surface area contributed by atoms with Crippen LogP contribution in [0.5, 0.6) is 6.01 Å². The molecule has 108 valence electrons. The van der Waals surface area contributed by atoms with Crippen molar-refractivity contribution >= 4 is 11.9 Å². The summed E-state index contributed by atoms with van der Waals surface area (Å²) in [7, 11) is 3.31. The lowest BCUT2D eigenvalue weighted by Crippen LogP contribution is -2.25. The van der Waals surface area contributed by atoms with Gasteiger partial charge in [-0.15, -0.1) is 0 Å². The Labute approximate surface area is 115 Å². The summed E-state index contributed by atoms with van der Waals surface area (Å²) in [6.07, 6.45) is 0. The highest BCUT2D eigenvalue weighted by molar-refractivity contribution is 5.35. The lowest BCUT2D eigenvalue weighted by molar-refractivity contribution is 0.303. The highest BCUT2D eigenvalue weighted by Crippen LogP contribution is 2.21. The fourth-order valence-corrected chi connectivity index (χ4v) is 2.09. The Morgan fingerprint density at radius 2 is 1.58 bits per heavy atom. The first-order chi connectivity index (χ1) is 8.97. The highest BCUT2D eigenvalue weighted by Gasteiger charge is 2.18. The molecule has 19 heavy (non-hydrogen) atoms. The van der Waals surface area contributed by atoms with Crippen LogP contribution in [0.3, 0.4) is 0 Å². The molecule has 0 fully saturated rings. The van der Waals surface area contributed by atoms with Crippen LogP contribution in [0.1, 0.15) is 27.7 Å². The van der Waals surface area contributed by atoms with Gasteiger partial charge in [-0.05, 0) is 17.8 Å². The van der Waals surface area contributed by atoms with Crippen molar-refractivity contribution in [2.75, 3.05) is 31.3 Å². The molecule has 0 atom stereocenters. The summed E-state index contributed by atoms with van der Waals surface area (Å²) in [5, 5.41) is 6.17. The first kappa shape index (κ1) is 15.5. The summed E-state index contributed by atoms with van der Waals surface area (Å²) in [6, 6.07) is 0.312. The topological polar surface area (TPSA) is 72.0 Å². The Balaban J connectivity index is 2.76. The van der Waals surface area contributed by atoms with E-state index in [1.165, 1.54) is 0 Å². The van der Waals surface area contributed by atoms with Crippen LogP contribution in [0, 0.1) is 17.8 Å². The first-order valence-electron chi connectivity index (χ1n) is 6.69. The van der Waals surface area contributed by atoms with Crippen LogP contribution >= 0.6 is 0 Å². The number of rotatable bonds is 7. The predicted molar refractivity (Wildman–Crippen MR) is 77.6 cm³/mol. The highest BCUT2D eigenvalue weighted by atomic mass is 16.5. The Kier molecular flexibility index (Phi) is 5.79. The molecule has 1 rings (SSSR count). The summed E-state index contributed by atoms with van der Waals surface area (Å²) >= 11 is 0. The number of aromatic nitrogens is 3. The minimum atomic E-state index is 0.312. The van der Waals surface area contributed by atoms with E-state index in [0.29, 0.717) is 35.7 Å². The molecule has 0 saturated carbocycles. The van der Waals surface area contributed by atoms with Crippen molar-refractivity contribution in [2.45, 2.75) is 27.7 Å². The van der Waals surface area contributed by atoms with E-state index < -0.39 is 0 Å². The van der Waals surface area contributed by atoms with Gasteiger partial charge in [0, 0.05) is 13.6 Å². The van der Waals surface area contributed by atoms with Gasteiger partial charge in [-0.2, -0.15) is 15.0 Å². The maximum absolute atomic E-state index is 5.06. The number of ether oxygens (including phenoxy) is 1. The van der Waals surface area contributed by atoms with E-state index in [2.05, 4.69) is 53.3 Å². The van der Waals surface area contributed by atoms with E-state index in [0.717, 1.165) is 6.54 Å². The maximum atomic E-state index is 5.06.